The summed E-state index contributed by atoms with van der Waals surface area (Å²) >= 11 is 1.38. The first kappa shape index (κ1) is 29.4. The van der Waals surface area contributed by atoms with Gasteiger partial charge in [0, 0.05) is 24.1 Å². The quantitative estimate of drug-likeness (QED) is 0.179. The van der Waals surface area contributed by atoms with Gasteiger partial charge in [-0.1, -0.05) is 82.0 Å². The molecule has 218 valence electrons. The molecule has 0 unspecified atom stereocenters. The van der Waals surface area contributed by atoms with Gasteiger partial charge in [-0.15, -0.1) is 0 Å². The van der Waals surface area contributed by atoms with Crippen LogP contribution < -0.4 is 10.3 Å². The molecule has 2 aromatic carbocycles. The topological polar surface area (TPSA) is 64.4 Å². The van der Waals surface area contributed by atoms with Crippen LogP contribution in [0.4, 0.5) is 0 Å². The number of carbonyl (C=O) groups excluding carboxylic acids is 1. The summed E-state index contributed by atoms with van der Waals surface area (Å²) < 4.78 is 7.15. The van der Waals surface area contributed by atoms with Gasteiger partial charge in [0.1, 0.15) is 5.75 Å². The monoisotopic (exact) mass is 573 g/mol. The van der Waals surface area contributed by atoms with E-state index in [1.165, 1.54) is 23.7 Å². The number of benzene rings is 2. The van der Waals surface area contributed by atoms with E-state index in [-0.39, 0.29) is 22.6 Å². The van der Waals surface area contributed by atoms with Gasteiger partial charge < -0.3 is 9.64 Å². The average Bonchev–Trinajstić information content (AvgIpc) is 3.00. The number of rotatable bonds is 11. The molecule has 0 saturated heterocycles. The fourth-order valence-corrected chi connectivity index (χ4v) is 7.43. The summed E-state index contributed by atoms with van der Waals surface area (Å²) in [5.41, 5.74) is 4.55. The fourth-order valence-electron chi connectivity index (χ4n) is 6.52. The minimum absolute atomic E-state index is 0.000316. The van der Waals surface area contributed by atoms with Gasteiger partial charge in [0.15, 0.2) is 5.16 Å². The van der Waals surface area contributed by atoms with E-state index in [4.69, 9.17) is 9.72 Å². The lowest BCUT2D eigenvalue weighted by atomic mass is 9.62. The van der Waals surface area contributed by atoms with Crippen molar-refractivity contribution in [1.82, 2.24) is 14.5 Å². The van der Waals surface area contributed by atoms with Gasteiger partial charge in [-0.3, -0.25) is 14.2 Å². The maximum Gasteiger partial charge on any atom is 0.263 e. The van der Waals surface area contributed by atoms with Crippen molar-refractivity contribution in [2.45, 2.75) is 88.6 Å². The number of nitrogens with zero attached hydrogens (tertiary/aromatic N) is 3. The van der Waals surface area contributed by atoms with Crippen molar-refractivity contribution < 1.29 is 9.53 Å². The van der Waals surface area contributed by atoms with E-state index >= 15 is 0 Å². The van der Waals surface area contributed by atoms with Crippen molar-refractivity contribution in [1.29, 1.82) is 0 Å². The highest BCUT2D eigenvalue weighted by Crippen LogP contribution is 2.49. The second kappa shape index (κ2) is 13.3. The molecule has 0 bridgehead atoms. The van der Waals surface area contributed by atoms with E-state index < -0.39 is 0 Å². The number of hydrogen-bond acceptors (Lipinski definition) is 5. The maximum absolute atomic E-state index is 14.7. The summed E-state index contributed by atoms with van der Waals surface area (Å²) in [5.74, 6) is 1.09. The summed E-state index contributed by atoms with van der Waals surface area (Å²) in [5, 5.41) is 0.570. The molecule has 1 heterocycles. The van der Waals surface area contributed by atoms with Crippen molar-refractivity contribution >= 4 is 17.7 Å². The third-order valence-electron chi connectivity index (χ3n) is 8.77. The molecular weight excluding hydrogens is 530 g/mol. The van der Waals surface area contributed by atoms with Crippen molar-refractivity contribution in [3.05, 3.63) is 70.0 Å². The van der Waals surface area contributed by atoms with Crippen molar-refractivity contribution in [3.8, 4) is 22.7 Å². The first-order valence-corrected chi connectivity index (χ1v) is 16.3. The molecule has 2 aliphatic rings. The SMILES string of the molecule is CCCCN(CCCC)C(=O)CSc1nc2c(c(=O)n1-c1ccc(OC)cc1)C1(CCCCC1)Cc1ccccc1-2. The van der Waals surface area contributed by atoms with E-state index in [9.17, 15) is 9.59 Å². The van der Waals surface area contributed by atoms with Crippen LogP contribution in [0.1, 0.15) is 82.8 Å². The predicted molar refractivity (Wildman–Crippen MR) is 167 cm³/mol. The molecule has 6 nitrogen and oxygen atoms in total. The molecule has 2 aliphatic carbocycles. The summed E-state index contributed by atoms with van der Waals surface area (Å²) in [7, 11) is 1.64. The number of thioether (sulfide) groups is 1. The molecule has 1 fully saturated rings. The highest BCUT2D eigenvalue weighted by atomic mass is 32.2. The Morgan fingerprint density at radius 3 is 2.34 bits per heavy atom. The third-order valence-corrected chi connectivity index (χ3v) is 9.69. The van der Waals surface area contributed by atoms with Gasteiger partial charge in [-0.05, 0) is 61.9 Å². The lowest BCUT2D eigenvalue weighted by Crippen LogP contribution is -2.43. The Labute approximate surface area is 248 Å². The average molecular weight is 574 g/mol. The van der Waals surface area contributed by atoms with Crippen LogP contribution in [0.15, 0.2) is 58.5 Å². The lowest BCUT2D eigenvalue weighted by molar-refractivity contribution is -0.128. The van der Waals surface area contributed by atoms with E-state index in [1.807, 2.05) is 35.2 Å². The number of methoxy groups -OCH3 is 1. The number of hydrogen-bond donors (Lipinski definition) is 0. The summed E-state index contributed by atoms with van der Waals surface area (Å²) in [6.07, 6.45) is 10.4. The molecule has 1 aromatic heterocycles. The third kappa shape index (κ3) is 6.11. The van der Waals surface area contributed by atoms with Crippen molar-refractivity contribution in [2.75, 3.05) is 26.0 Å². The second-order valence-electron chi connectivity index (χ2n) is 11.5. The Kier molecular flexibility index (Phi) is 9.53. The molecule has 1 amide bonds. The van der Waals surface area contributed by atoms with Gasteiger partial charge in [-0.25, -0.2) is 4.98 Å². The lowest BCUT2D eigenvalue weighted by Gasteiger charge is -2.42. The summed E-state index contributed by atoms with van der Waals surface area (Å²) in [6.45, 7) is 5.85. The number of unbranched alkanes of at least 4 members (excludes halogenated alkanes) is 2. The number of fused-ring (bicyclic) bond motifs is 4. The zero-order valence-electron chi connectivity index (χ0n) is 24.8. The highest BCUT2D eigenvalue weighted by Gasteiger charge is 2.43. The first-order chi connectivity index (χ1) is 20.0. The molecule has 0 atom stereocenters. The Hall–Kier alpha value is -3.06. The molecule has 0 N–H and O–H groups in total. The molecule has 1 spiro atoms. The van der Waals surface area contributed by atoms with Gasteiger partial charge in [0.25, 0.3) is 5.56 Å². The molecule has 0 radical (unpaired) electrons. The molecule has 41 heavy (non-hydrogen) atoms. The Bertz CT molecular complexity index is 1400. The van der Waals surface area contributed by atoms with Crippen molar-refractivity contribution in [3.63, 3.8) is 0 Å². The van der Waals surface area contributed by atoms with Gasteiger partial charge in [0.05, 0.1) is 29.8 Å². The number of ether oxygens (including phenoxy) is 1. The van der Waals surface area contributed by atoms with E-state index in [2.05, 4.69) is 32.0 Å². The normalized spacial score (nSPS) is 15.3. The van der Waals surface area contributed by atoms with E-state index in [0.717, 1.165) is 99.1 Å². The molecule has 0 aliphatic heterocycles. The molecular formula is C34H43N3O3S. The van der Waals surface area contributed by atoms with Crippen LogP contribution in [0, 0.1) is 0 Å². The van der Waals surface area contributed by atoms with Crippen LogP contribution in [0.3, 0.4) is 0 Å². The largest absolute Gasteiger partial charge is 0.497 e. The van der Waals surface area contributed by atoms with Crippen LogP contribution in [0.5, 0.6) is 5.75 Å². The van der Waals surface area contributed by atoms with Crippen LogP contribution in [-0.4, -0.2) is 46.3 Å². The Balaban J connectivity index is 1.62. The van der Waals surface area contributed by atoms with Crippen LogP contribution in [0.2, 0.25) is 0 Å². The van der Waals surface area contributed by atoms with Crippen LogP contribution in [0.25, 0.3) is 16.9 Å². The van der Waals surface area contributed by atoms with Crippen LogP contribution in [-0.2, 0) is 16.6 Å². The molecule has 3 aromatic rings. The number of aromatic nitrogens is 2. The maximum atomic E-state index is 14.7. The Morgan fingerprint density at radius 1 is 1.00 bits per heavy atom. The minimum atomic E-state index is -0.198. The minimum Gasteiger partial charge on any atom is -0.497 e. The standard InChI is InChI=1S/C34H43N3O3S/c1-4-6-21-36(22-7-5-2)29(38)24-41-33-35-31-28-14-10-9-13-25(28)23-34(19-11-8-12-20-34)30(31)32(39)37(33)26-15-17-27(40-3)18-16-26/h9-10,13-18H,4-8,11-12,19-24H2,1-3H3. The van der Waals surface area contributed by atoms with Crippen molar-refractivity contribution in [2.24, 2.45) is 0 Å². The van der Waals surface area contributed by atoms with Gasteiger partial charge in [-0.2, -0.15) is 0 Å². The highest BCUT2D eigenvalue weighted by molar-refractivity contribution is 7.99. The summed E-state index contributed by atoms with van der Waals surface area (Å²) in [4.78, 5) is 35.4. The second-order valence-corrected chi connectivity index (χ2v) is 12.5. The van der Waals surface area contributed by atoms with Crippen LogP contribution >= 0.6 is 11.8 Å². The number of amides is 1. The van der Waals surface area contributed by atoms with Gasteiger partial charge >= 0.3 is 0 Å². The predicted octanol–water partition coefficient (Wildman–Crippen LogP) is 7.19. The molecule has 7 heteroatoms. The zero-order chi connectivity index (χ0) is 28.8. The van der Waals surface area contributed by atoms with E-state index in [0.29, 0.717) is 5.16 Å². The summed E-state index contributed by atoms with van der Waals surface area (Å²) in [6, 6.07) is 16.0. The fraction of sp³-hybridized carbons (Fsp3) is 0.500. The molecule has 1 saturated carbocycles. The zero-order valence-corrected chi connectivity index (χ0v) is 25.6. The first-order valence-electron chi connectivity index (χ1n) is 15.3. The number of carbonyl (C=O) groups is 1. The Morgan fingerprint density at radius 2 is 1.68 bits per heavy atom. The smallest absolute Gasteiger partial charge is 0.263 e. The van der Waals surface area contributed by atoms with Gasteiger partial charge in [0.2, 0.25) is 5.91 Å². The molecule has 5 rings (SSSR count). The van der Waals surface area contributed by atoms with E-state index in [1.54, 1.807) is 11.7 Å².